The van der Waals surface area contributed by atoms with Crippen molar-refractivity contribution in [2.45, 2.75) is 43.9 Å². The number of rotatable bonds is 2. The normalized spacial score (nSPS) is 24.9. The molecule has 0 unspecified atom stereocenters. The van der Waals surface area contributed by atoms with E-state index in [0.29, 0.717) is 29.5 Å². The van der Waals surface area contributed by atoms with E-state index in [0.717, 1.165) is 49.4 Å². The molecule has 3 aromatic rings. The highest BCUT2D eigenvalue weighted by Gasteiger charge is 2.34. The van der Waals surface area contributed by atoms with Gasteiger partial charge in [0.1, 0.15) is 17.7 Å². The van der Waals surface area contributed by atoms with Crippen molar-refractivity contribution < 1.29 is 14.3 Å². The van der Waals surface area contributed by atoms with Crippen LogP contribution >= 0.6 is 0 Å². The summed E-state index contributed by atoms with van der Waals surface area (Å²) in [5, 5.41) is 9.70. The molecular weight excluding hydrogens is 408 g/mol. The Morgan fingerprint density at radius 1 is 1.19 bits per heavy atom. The van der Waals surface area contributed by atoms with Crippen LogP contribution in [-0.4, -0.2) is 53.0 Å². The molecule has 2 aromatic heterocycles. The third-order valence-corrected chi connectivity index (χ3v) is 6.67. The van der Waals surface area contributed by atoms with Gasteiger partial charge in [0.05, 0.1) is 31.0 Å². The minimum Gasteiger partial charge on any atom is -0.386 e. The Morgan fingerprint density at radius 3 is 2.91 bits per heavy atom. The number of fused-ring (bicyclic) bond motifs is 4. The van der Waals surface area contributed by atoms with E-state index in [1.54, 1.807) is 0 Å². The first kappa shape index (κ1) is 19.5. The number of imidazole rings is 1. The Balaban J connectivity index is 1.47. The number of hydrogen-bond donors (Lipinski definition) is 3. The zero-order valence-electron chi connectivity index (χ0n) is 17.9. The van der Waals surface area contributed by atoms with Gasteiger partial charge in [-0.2, -0.15) is 0 Å². The molecule has 0 radical (unpaired) electrons. The highest BCUT2D eigenvalue weighted by molar-refractivity contribution is 5.94. The molecule has 9 nitrogen and oxygen atoms in total. The number of nitrogens with zero attached hydrogens (tertiary/aromatic N) is 3. The molecule has 166 valence electrons. The maximum absolute atomic E-state index is 13.0. The maximum atomic E-state index is 13.0. The zero-order valence-corrected chi connectivity index (χ0v) is 17.9. The Morgan fingerprint density at radius 2 is 2.12 bits per heavy atom. The van der Waals surface area contributed by atoms with Crippen molar-refractivity contribution >= 4 is 34.4 Å². The number of hydrogen-bond acceptors (Lipinski definition) is 7. The number of benzene rings is 1. The SMILES string of the molecule is CNc1cc2nc3c1ncn3C(=O)N[C@@H]1CC[C@H]1OCc1cc(cc([C@H]3CCOC3)c1)N2. The summed E-state index contributed by atoms with van der Waals surface area (Å²) in [7, 11) is 1.84. The molecule has 32 heavy (non-hydrogen) atoms. The monoisotopic (exact) mass is 434 g/mol. The average Bonchev–Trinajstić information content (AvgIpc) is 3.46. The van der Waals surface area contributed by atoms with Crippen LogP contribution in [0.15, 0.2) is 30.6 Å². The predicted molar refractivity (Wildman–Crippen MR) is 121 cm³/mol. The summed E-state index contributed by atoms with van der Waals surface area (Å²) >= 11 is 0. The fourth-order valence-electron chi connectivity index (χ4n) is 4.71. The molecule has 9 heteroatoms. The molecule has 1 aromatic carbocycles. The highest BCUT2D eigenvalue weighted by atomic mass is 16.5. The first-order valence-electron chi connectivity index (χ1n) is 11.1. The lowest BCUT2D eigenvalue weighted by molar-refractivity contribution is -0.0323. The number of anilines is 3. The average molecular weight is 435 g/mol. The van der Waals surface area contributed by atoms with Crippen LogP contribution in [0.3, 0.4) is 0 Å². The van der Waals surface area contributed by atoms with Crippen LogP contribution in [0.4, 0.5) is 22.0 Å². The third kappa shape index (κ3) is 3.37. The van der Waals surface area contributed by atoms with Gasteiger partial charge in [0.25, 0.3) is 0 Å². The Bertz CT molecular complexity index is 1190. The minimum atomic E-state index is -0.239. The number of amides is 1. The van der Waals surface area contributed by atoms with E-state index in [2.05, 4.69) is 39.1 Å². The largest absolute Gasteiger partial charge is 0.386 e. The Hall–Kier alpha value is -3.17. The summed E-state index contributed by atoms with van der Waals surface area (Å²) in [6, 6.07) is 8.14. The van der Waals surface area contributed by atoms with Gasteiger partial charge in [-0.3, -0.25) is 0 Å². The topological polar surface area (TPSA) is 102 Å². The molecule has 2 fully saturated rings. The Kier molecular flexibility index (Phi) is 4.73. The summed E-state index contributed by atoms with van der Waals surface area (Å²) in [6.07, 6.45) is 4.38. The van der Waals surface area contributed by atoms with Gasteiger partial charge in [-0.15, -0.1) is 0 Å². The second-order valence-electron chi connectivity index (χ2n) is 8.72. The Labute approximate surface area is 185 Å². The van der Waals surface area contributed by atoms with E-state index in [9.17, 15) is 4.79 Å². The van der Waals surface area contributed by atoms with Gasteiger partial charge in [-0.25, -0.2) is 19.3 Å². The number of aromatic nitrogens is 3. The zero-order chi connectivity index (χ0) is 21.7. The maximum Gasteiger partial charge on any atom is 0.328 e. The molecule has 0 spiro atoms. The lowest BCUT2D eigenvalue weighted by atomic mass is 9.89. The molecule has 6 rings (SSSR count). The molecule has 1 saturated heterocycles. The van der Waals surface area contributed by atoms with E-state index >= 15 is 0 Å². The van der Waals surface area contributed by atoms with Crippen molar-refractivity contribution in [1.29, 1.82) is 0 Å². The highest BCUT2D eigenvalue weighted by Crippen LogP contribution is 2.32. The molecular formula is C23H26N6O3. The van der Waals surface area contributed by atoms with Gasteiger partial charge in [-0.1, -0.05) is 6.07 Å². The first-order valence-corrected chi connectivity index (χ1v) is 11.1. The molecule has 2 aliphatic heterocycles. The van der Waals surface area contributed by atoms with Crippen LogP contribution in [-0.2, 0) is 16.1 Å². The summed E-state index contributed by atoms with van der Waals surface area (Å²) in [6.45, 7) is 2.04. The van der Waals surface area contributed by atoms with E-state index in [-0.39, 0.29) is 18.2 Å². The summed E-state index contributed by atoms with van der Waals surface area (Å²) in [5.74, 6) is 1.02. The van der Waals surface area contributed by atoms with E-state index in [4.69, 9.17) is 14.5 Å². The molecule has 3 aliphatic rings. The van der Waals surface area contributed by atoms with Crippen LogP contribution in [0.2, 0.25) is 0 Å². The molecule has 4 bridgehead atoms. The van der Waals surface area contributed by atoms with Crippen LogP contribution in [0.1, 0.15) is 36.3 Å². The number of carbonyl (C=O) groups excluding carboxylic acids is 1. The summed E-state index contributed by atoms with van der Waals surface area (Å²) in [4.78, 5) is 22.1. The number of carbonyl (C=O) groups is 1. The minimum absolute atomic E-state index is 0.00273. The lowest BCUT2D eigenvalue weighted by Crippen LogP contribution is -2.52. The summed E-state index contributed by atoms with van der Waals surface area (Å²) in [5.41, 5.74) is 5.26. The van der Waals surface area contributed by atoms with Crippen molar-refractivity contribution in [2.75, 3.05) is 30.9 Å². The first-order chi connectivity index (χ1) is 15.7. The fourth-order valence-corrected chi connectivity index (χ4v) is 4.71. The van der Waals surface area contributed by atoms with Crippen molar-refractivity contribution in [1.82, 2.24) is 19.9 Å². The number of nitrogens with one attached hydrogen (secondary N) is 3. The van der Waals surface area contributed by atoms with Gasteiger partial charge in [0, 0.05) is 31.3 Å². The van der Waals surface area contributed by atoms with Crippen LogP contribution in [0, 0.1) is 0 Å². The second-order valence-corrected chi connectivity index (χ2v) is 8.72. The molecule has 3 N–H and O–H groups in total. The molecule has 3 atom stereocenters. The van der Waals surface area contributed by atoms with E-state index < -0.39 is 0 Å². The number of pyridine rings is 1. The van der Waals surface area contributed by atoms with E-state index in [1.807, 2.05) is 13.1 Å². The van der Waals surface area contributed by atoms with E-state index in [1.165, 1.54) is 16.5 Å². The van der Waals surface area contributed by atoms with Gasteiger partial charge < -0.3 is 25.4 Å². The van der Waals surface area contributed by atoms with Crippen molar-refractivity contribution in [3.8, 4) is 0 Å². The van der Waals surface area contributed by atoms with Crippen LogP contribution in [0.5, 0.6) is 0 Å². The smallest absolute Gasteiger partial charge is 0.328 e. The third-order valence-electron chi connectivity index (χ3n) is 6.67. The predicted octanol–water partition coefficient (Wildman–Crippen LogP) is 3.34. The fraction of sp³-hybridized carbons (Fsp3) is 0.435. The summed E-state index contributed by atoms with van der Waals surface area (Å²) < 4.78 is 13.3. The number of ether oxygens (including phenoxy) is 2. The van der Waals surface area contributed by atoms with Crippen LogP contribution < -0.4 is 16.0 Å². The van der Waals surface area contributed by atoms with Crippen molar-refractivity contribution in [3.05, 3.63) is 41.7 Å². The van der Waals surface area contributed by atoms with Crippen molar-refractivity contribution in [2.24, 2.45) is 0 Å². The standard InChI is InChI=1S/C23H26N6O3/c1-24-18-9-20-26-16-7-13(6-15(8-16)14-4-5-31-11-14)10-32-19-3-2-17(19)27-23(30)29-12-25-21(18)22(29)28-20/h6-9,12,14,17,19H,2-5,10-11H2,1H3,(H,27,30)(H2,24,26,28)/t14-,17+,19+/m0/s1. The lowest BCUT2D eigenvalue weighted by Gasteiger charge is -2.36. The van der Waals surface area contributed by atoms with Crippen LogP contribution in [0.25, 0.3) is 11.2 Å². The van der Waals surface area contributed by atoms with Crippen molar-refractivity contribution in [3.63, 3.8) is 0 Å². The molecule has 1 saturated carbocycles. The molecule has 1 aliphatic carbocycles. The van der Waals surface area contributed by atoms with Gasteiger partial charge in [0.2, 0.25) is 0 Å². The van der Waals surface area contributed by atoms with Gasteiger partial charge in [0.15, 0.2) is 5.65 Å². The van der Waals surface area contributed by atoms with Gasteiger partial charge in [-0.05, 0) is 42.5 Å². The molecule has 1 amide bonds. The quantitative estimate of drug-likeness (QED) is 0.568. The molecule has 4 heterocycles. The van der Waals surface area contributed by atoms with Gasteiger partial charge >= 0.3 is 6.03 Å². The second kappa shape index (κ2) is 7.75.